The van der Waals surface area contributed by atoms with E-state index >= 15 is 0 Å². The Morgan fingerprint density at radius 3 is 1.21 bits per heavy atom. The molecule has 33 heavy (non-hydrogen) atoms. The van der Waals surface area contributed by atoms with Crippen LogP contribution in [-0.4, -0.2) is 4.89 Å². The third-order valence-electron chi connectivity index (χ3n) is 6.21. The van der Waals surface area contributed by atoms with Gasteiger partial charge in [-0.1, -0.05) is 119 Å². The van der Waals surface area contributed by atoms with Crippen molar-refractivity contribution in [1.82, 2.24) is 0 Å². The third-order valence-corrected chi connectivity index (χ3v) is 6.60. The molecule has 2 aromatic rings. The Bertz CT molecular complexity index is 892. The van der Waals surface area contributed by atoms with Gasteiger partial charge in [0.1, 0.15) is 6.10 Å². The summed E-state index contributed by atoms with van der Waals surface area (Å²) in [5, 5.41) is 0. The van der Waals surface area contributed by atoms with Crippen molar-refractivity contribution in [1.29, 1.82) is 0 Å². The van der Waals surface area contributed by atoms with Gasteiger partial charge < -0.3 is 4.89 Å². The van der Waals surface area contributed by atoms with E-state index < -0.39 is 14.8 Å². The summed E-state index contributed by atoms with van der Waals surface area (Å²) in [6.07, 6.45) is -0.697. The first-order valence-corrected chi connectivity index (χ1v) is 12.9. The van der Waals surface area contributed by atoms with Crippen molar-refractivity contribution in [2.24, 2.45) is 0 Å². The van der Waals surface area contributed by atoms with Crippen LogP contribution in [0.3, 0.4) is 0 Å². The highest BCUT2D eigenvalue weighted by Gasteiger charge is 2.33. The molecule has 0 bridgehead atoms. The molecule has 0 aliphatic heterocycles. The molecule has 1 atom stereocenters. The van der Waals surface area contributed by atoms with Crippen molar-refractivity contribution in [2.45, 2.75) is 111 Å². The normalized spacial score (nSPS) is 14.6. The molecule has 1 unspecified atom stereocenters. The van der Waals surface area contributed by atoms with Crippen LogP contribution in [0.25, 0.3) is 0 Å². The lowest BCUT2D eigenvalue weighted by Crippen LogP contribution is -2.23. The highest BCUT2D eigenvalue weighted by molar-refractivity contribution is 7.40. The number of hydrogen-bond acceptors (Lipinski definition) is 2. The maximum atomic E-state index is 14.1. The Morgan fingerprint density at radius 2 is 0.970 bits per heavy atom. The minimum Gasteiger partial charge on any atom is -0.325 e. The van der Waals surface area contributed by atoms with Crippen molar-refractivity contribution in [3.8, 4) is 0 Å². The fraction of sp³-hybridized carbons (Fsp3) is 0.586. The van der Waals surface area contributed by atoms with E-state index in [0.717, 1.165) is 22.3 Å². The van der Waals surface area contributed by atoms with Gasteiger partial charge in [-0.3, -0.25) is 4.52 Å². The van der Waals surface area contributed by atoms with Crippen LogP contribution in [0, 0.1) is 0 Å². The van der Waals surface area contributed by atoms with E-state index in [4.69, 9.17) is 4.52 Å². The summed E-state index contributed by atoms with van der Waals surface area (Å²) in [5.74, 6) is 0. The molecule has 0 saturated heterocycles. The van der Waals surface area contributed by atoms with Gasteiger partial charge in [0.2, 0.25) is 0 Å². The minimum absolute atomic E-state index is 0.0104. The fourth-order valence-corrected chi connectivity index (χ4v) is 4.57. The molecular formula is C29H44FO2P. The van der Waals surface area contributed by atoms with Gasteiger partial charge in [-0.15, -0.1) is 0 Å². The van der Waals surface area contributed by atoms with Gasteiger partial charge in [-0.25, -0.2) is 0 Å². The van der Waals surface area contributed by atoms with E-state index in [1.165, 1.54) is 11.1 Å². The molecule has 0 aliphatic carbocycles. The van der Waals surface area contributed by atoms with Gasteiger partial charge in [0, 0.05) is 0 Å². The molecule has 0 aromatic heterocycles. The molecule has 2 nitrogen and oxygen atoms in total. The van der Waals surface area contributed by atoms with Crippen LogP contribution < -0.4 is 0 Å². The highest BCUT2D eigenvalue weighted by atomic mass is 31.2. The van der Waals surface area contributed by atoms with Crippen LogP contribution in [0.4, 0.5) is 4.20 Å². The Morgan fingerprint density at radius 1 is 0.636 bits per heavy atom. The SMILES string of the molecule is CC(C)(C)c1ccc(C(OP(O)F)c2ccc(C(C)(C)C)cc2C(C)(C)C)c(C(C)(C)C)c1. The Hall–Kier alpha value is -1.28. The summed E-state index contributed by atoms with van der Waals surface area (Å²) in [6, 6.07) is 12.8. The lowest BCUT2D eigenvalue weighted by molar-refractivity contribution is 0.219. The summed E-state index contributed by atoms with van der Waals surface area (Å²) < 4.78 is 19.8. The molecule has 4 heteroatoms. The monoisotopic (exact) mass is 474 g/mol. The number of halogens is 1. The third kappa shape index (κ3) is 6.87. The van der Waals surface area contributed by atoms with Crippen LogP contribution in [0.15, 0.2) is 36.4 Å². The molecule has 184 valence electrons. The van der Waals surface area contributed by atoms with Crippen LogP contribution in [-0.2, 0) is 26.2 Å². The van der Waals surface area contributed by atoms with Crippen molar-refractivity contribution in [3.05, 3.63) is 69.8 Å². The summed E-state index contributed by atoms with van der Waals surface area (Å²) in [5.41, 5.74) is 6.09. The molecule has 0 radical (unpaired) electrons. The average molecular weight is 475 g/mol. The zero-order valence-electron chi connectivity index (χ0n) is 22.7. The molecule has 0 fully saturated rings. The molecule has 1 N–H and O–H groups in total. The number of benzene rings is 2. The molecular weight excluding hydrogens is 430 g/mol. The van der Waals surface area contributed by atoms with Crippen LogP contribution >= 0.6 is 8.69 Å². The maximum absolute atomic E-state index is 14.1. The molecule has 0 heterocycles. The topological polar surface area (TPSA) is 29.5 Å². The van der Waals surface area contributed by atoms with Crippen molar-refractivity contribution < 1.29 is 13.6 Å². The van der Waals surface area contributed by atoms with Crippen LogP contribution in [0.5, 0.6) is 0 Å². The smallest absolute Gasteiger partial charge is 0.325 e. The molecule has 0 aliphatic rings. The molecule has 0 amide bonds. The van der Waals surface area contributed by atoms with E-state index in [9.17, 15) is 9.09 Å². The Balaban J connectivity index is 2.87. The molecule has 0 saturated carbocycles. The lowest BCUT2D eigenvalue weighted by atomic mass is 9.74. The Kier molecular flexibility index (Phi) is 7.97. The van der Waals surface area contributed by atoms with Gasteiger partial charge in [-0.05, 0) is 55.0 Å². The lowest BCUT2D eigenvalue weighted by Gasteiger charge is -2.34. The second-order valence-electron chi connectivity index (χ2n) is 13.3. The summed E-state index contributed by atoms with van der Waals surface area (Å²) in [4.78, 5) is 9.78. The highest BCUT2D eigenvalue weighted by Crippen LogP contribution is 2.48. The Labute approximate surface area is 203 Å². The minimum atomic E-state index is -3.04. The average Bonchev–Trinajstić information content (AvgIpc) is 2.62. The van der Waals surface area contributed by atoms with Crippen LogP contribution in [0.1, 0.15) is 123 Å². The van der Waals surface area contributed by atoms with E-state index in [1.807, 2.05) is 0 Å². The van der Waals surface area contributed by atoms with Gasteiger partial charge in [-0.2, -0.15) is 4.20 Å². The molecule has 0 spiro atoms. The quantitative estimate of drug-likeness (QED) is 0.448. The zero-order chi connectivity index (χ0) is 25.6. The van der Waals surface area contributed by atoms with E-state index in [-0.39, 0.29) is 21.7 Å². The van der Waals surface area contributed by atoms with Gasteiger partial charge in [0.05, 0.1) is 0 Å². The predicted molar refractivity (Wildman–Crippen MR) is 141 cm³/mol. The van der Waals surface area contributed by atoms with E-state index in [1.54, 1.807) is 0 Å². The predicted octanol–water partition coefficient (Wildman–Crippen LogP) is 9.17. The van der Waals surface area contributed by atoms with Gasteiger partial charge in [0.25, 0.3) is 0 Å². The summed E-state index contributed by atoms with van der Waals surface area (Å²) >= 11 is 0. The van der Waals surface area contributed by atoms with E-state index in [0.29, 0.717) is 0 Å². The largest absolute Gasteiger partial charge is 0.373 e. The van der Waals surface area contributed by atoms with Gasteiger partial charge >= 0.3 is 8.69 Å². The first-order valence-electron chi connectivity index (χ1n) is 11.8. The van der Waals surface area contributed by atoms with E-state index in [2.05, 4.69) is 119 Å². The second kappa shape index (κ2) is 9.40. The van der Waals surface area contributed by atoms with Crippen molar-refractivity contribution >= 4 is 8.69 Å². The summed E-state index contributed by atoms with van der Waals surface area (Å²) in [6.45, 7) is 26.2. The zero-order valence-corrected chi connectivity index (χ0v) is 23.6. The molecule has 2 rings (SSSR count). The first kappa shape index (κ1) is 28.0. The van der Waals surface area contributed by atoms with Crippen molar-refractivity contribution in [2.75, 3.05) is 0 Å². The first-order chi connectivity index (χ1) is 14.7. The summed E-state index contributed by atoms with van der Waals surface area (Å²) in [7, 11) is -3.04. The molecule has 2 aromatic carbocycles. The van der Waals surface area contributed by atoms with Gasteiger partial charge in [0.15, 0.2) is 0 Å². The number of rotatable bonds is 4. The standard InChI is InChI=1S/C29H44FO2P/c1-26(2,3)19-13-15-21(23(17-19)28(7,8)9)25(32-33(30)31)22-16-14-20(27(4,5)6)18-24(22)29(10,11)12/h13-18,25,31H,1-12H3. The van der Waals surface area contributed by atoms with Crippen molar-refractivity contribution in [3.63, 3.8) is 0 Å². The fourth-order valence-electron chi connectivity index (χ4n) is 4.17. The number of hydrogen-bond donors (Lipinski definition) is 1. The van der Waals surface area contributed by atoms with Crippen LogP contribution in [0.2, 0.25) is 0 Å². The second-order valence-corrected chi connectivity index (χ2v) is 14.0. The maximum Gasteiger partial charge on any atom is 0.373 e.